The average Bonchev–Trinajstić information content (AvgIpc) is 3.13. The van der Waals surface area contributed by atoms with Crippen molar-refractivity contribution in [3.05, 3.63) is 15.2 Å². The smallest absolute Gasteiger partial charge is 0.310 e. The minimum Gasteiger partial charge on any atom is -0.622 e. The topological polar surface area (TPSA) is 65.5 Å². The van der Waals surface area contributed by atoms with E-state index in [4.69, 9.17) is 4.74 Å². The molecule has 1 aromatic rings. The van der Waals surface area contributed by atoms with Crippen molar-refractivity contribution in [2.24, 2.45) is 0 Å². The van der Waals surface area contributed by atoms with Crippen molar-refractivity contribution < 1.29 is 9.53 Å². The van der Waals surface area contributed by atoms with Crippen molar-refractivity contribution in [2.75, 3.05) is 19.8 Å². The van der Waals surface area contributed by atoms with Crippen LogP contribution in [0.3, 0.4) is 0 Å². The second kappa shape index (κ2) is 9.97. The normalized spacial score (nSPS) is 23.9. The summed E-state index contributed by atoms with van der Waals surface area (Å²) in [5, 5.41) is 13.9. The Morgan fingerprint density at radius 1 is 1.40 bits per heavy atom. The summed E-state index contributed by atoms with van der Waals surface area (Å²) < 4.78 is 5.72. The highest BCUT2D eigenvalue weighted by atomic mass is 79.9. The summed E-state index contributed by atoms with van der Waals surface area (Å²) >= 11 is 4.68. The van der Waals surface area contributed by atoms with Crippen LogP contribution in [0.5, 0.6) is 0 Å². The van der Waals surface area contributed by atoms with Crippen LogP contribution in [0.1, 0.15) is 58.8 Å². The standard InChI is InChI=1S/C17H28BrN3O3S/c1-3-5-7-9-16(22)24-15-12-20(10-8-6-4-2)13-21(15,23)17-19-11-14(18)25-17/h11,15H,3-10,12-13H2,1-2H3. The number of hydroxylamine groups is 2. The Morgan fingerprint density at radius 2 is 2.12 bits per heavy atom. The van der Waals surface area contributed by atoms with E-state index in [0.29, 0.717) is 18.1 Å². The van der Waals surface area contributed by atoms with Crippen molar-refractivity contribution in [2.45, 2.75) is 65.0 Å². The van der Waals surface area contributed by atoms with Crippen LogP contribution in [0.4, 0.5) is 5.13 Å². The molecule has 1 aromatic heterocycles. The third-order valence-electron chi connectivity index (χ3n) is 4.41. The van der Waals surface area contributed by atoms with Gasteiger partial charge in [0.2, 0.25) is 0 Å². The van der Waals surface area contributed by atoms with Gasteiger partial charge in [0.1, 0.15) is 6.67 Å². The second-order valence-electron chi connectivity index (χ2n) is 6.57. The Morgan fingerprint density at radius 3 is 2.76 bits per heavy atom. The Balaban J connectivity index is 2.05. The summed E-state index contributed by atoms with van der Waals surface area (Å²) in [5.74, 6) is -0.275. The number of aromatic nitrogens is 1. The molecular formula is C17H28BrN3O3S. The van der Waals surface area contributed by atoms with Gasteiger partial charge in [0, 0.05) is 13.0 Å². The van der Waals surface area contributed by atoms with Crippen LogP contribution in [-0.2, 0) is 9.53 Å². The number of carbonyl (C=O) groups excluding carboxylic acids is 1. The van der Waals surface area contributed by atoms with Gasteiger partial charge >= 0.3 is 5.97 Å². The molecule has 1 saturated heterocycles. The first-order valence-electron chi connectivity index (χ1n) is 9.12. The molecule has 0 N–H and O–H groups in total. The summed E-state index contributed by atoms with van der Waals surface area (Å²) in [4.78, 5) is 18.5. The van der Waals surface area contributed by atoms with Crippen molar-refractivity contribution in [3.8, 4) is 0 Å². The lowest BCUT2D eigenvalue weighted by molar-refractivity contribution is -0.153. The minimum absolute atomic E-state index is 0.275. The third-order valence-corrected chi connectivity index (χ3v) is 6.00. The van der Waals surface area contributed by atoms with E-state index in [0.717, 1.165) is 48.9 Å². The van der Waals surface area contributed by atoms with Gasteiger partial charge in [0.25, 0.3) is 11.4 Å². The number of rotatable bonds is 10. The highest BCUT2D eigenvalue weighted by molar-refractivity contribution is 9.11. The van der Waals surface area contributed by atoms with Gasteiger partial charge in [-0.1, -0.05) is 39.5 Å². The molecule has 0 saturated carbocycles. The zero-order valence-corrected chi connectivity index (χ0v) is 17.5. The van der Waals surface area contributed by atoms with Crippen LogP contribution in [0.15, 0.2) is 9.98 Å². The quantitative estimate of drug-likeness (QED) is 0.233. The SMILES string of the molecule is CCCCCC(=O)OC1CN(CCCCC)C[N+]1([O-])c1ncc(Br)s1. The molecule has 2 heterocycles. The number of unbranched alkanes of at least 4 members (excludes halogenated alkanes) is 4. The number of nitrogens with zero attached hydrogens (tertiary/aromatic N) is 3. The Hall–Kier alpha value is -0.540. The Kier molecular flexibility index (Phi) is 8.28. The molecule has 1 aliphatic rings. The molecule has 0 bridgehead atoms. The Labute approximate surface area is 162 Å². The van der Waals surface area contributed by atoms with Gasteiger partial charge < -0.3 is 9.94 Å². The van der Waals surface area contributed by atoms with Crippen LogP contribution >= 0.6 is 27.3 Å². The molecule has 0 aromatic carbocycles. The van der Waals surface area contributed by atoms with Gasteiger partial charge in [0.05, 0.1) is 16.5 Å². The first-order valence-corrected chi connectivity index (χ1v) is 10.7. The largest absolute Gasteiger partial charge is 0.622 e. The molecule has 1 fully saturated rings. The van der Waals surface area contributed by atoms with Crippen molar-refractivity contribution >= 4 is 38.4 Å². The van der Waals surface area contributed by atoms with E-state index >= 15 is 0 Å². The molecule has 25 heavy (non-hydrogen) atoms. The summed E-state index contributed by atoms with van der Waals surface area (Å²) in [6, 6.07) is 0. The first-order chi connectivity index (χ1) is 12.0. The Bertz CT molecular complexity index is 557. The van der Waals surface area contributed by atoms with Crippen LogP contribution in [0.25, 0.3) is 0 Å². The molecule has 0 amide bonds. The van der Waals surface area contributed by atoms with Gasteiger partial charge in [-0.05, 0) is 40.1 Å². The fraction of sp³-hybridized carbons (Fsp3) is 0.765. The van der Waals surface area contributed by atoms with Gasteiger partial charge in [-0.25, -0.2) is 4.90 Å². The highest BCUT2D eigenvalue weighted by Crippen LogP contribution is 2.37. The zero-order valence-electron chi connectivity index (χ0n) is 15.1. The molecule has 0 radical (unpaired) electrons. The predicted octanol–water partition coefficient (Wildman–Crippen LogP) is 4.62. The number of carbonyl (C=O) groups is 1. The molecule has 2 atom stereocenters. The van der Waals surface area contributed by atoms with Crippen LogP contribution in [0, 0.1) is 5.21 Å². The van der Waals surface area contributed by atoms with Gasteiger partial charge in [-0.2, -0.15) is 4.98 Å². The number of hydrogen-bond donors (Lipinski definition) is 0. The maximum absolute atomic E-state index is 13.5. The van der Waals surface area contributed by atoms with Crippen LogP contribution in [0.2, 0.25) is 0 Å². The molecule has 0 spiro atoms. The summed E-state index contributed by atoms with van der Waals surface area (Å²) in [6.45, 7) is 5.87. The monoisotopic (exact) mass is 433 g/mol. The maximum Gasteiger partial charge on any atom is 0.310 e. The lowest BCUT2D eigenvalue weighted by Crippen LogP contribution is -2.50. The number of hydrogen-bond acceptors (Lipinski definition) is 6. The zero-order chi connectivity index (χ0) is 18.3. The van der Waals surface area contributed by atoms with Crippen LogP contribution < -0.4 is 4.65 Å². The second-order valence-corrected chi connectivity index (χ2v) is 8.96. The van der Waals surface area contributed by atoms with Crippen molar-refractivity contribution in [3.63, 3.8) is 0 Å². The first kappa shape index (κ1) is 20.8. The van der Waals surface area contributed by atoms with Gasteiger partial charge in [-0.15, -0.1) is 0 Å². The molecule has 8 heteroatoms. The van der Waals surface area contributed by atoms with Crippen molar-refractivity contribution in [1.29, 1.82) is 0 Å². The fourth-order valence-corrected chi connectivity index (χ4v) is 4.25. The molecule has 142 valence electrons. The van der Waals surface area contributed by atoms with E-state index in [1.54, 1.807) is 6.20 Å². The van der Waals surface area contributed by atoms with E-state index in [9.17, 15) is 10.0 Å². The van der Waals surface area contributed by atoms with Gasteiger partial charge in [-0.3, -0.25) is 9.44 Å². The summed E-state index contributed by atoms with van der Waals surface area (Å²) in [5.41, 5.74) is 0. The molecule has 1 aliphatic heterocycles. The number of halogens is 1. The molecule has 2 unspecified atom stereocenters. The van der Waals surface area contributed by atoms with Crippen molar-refractivity contribution in [1.82, 2.24) is 14.5 Å². The fourth-order valence-electron chi connectivity index (χ4n) is 3.00. The number of thiazole rings is 1. The molecule has 2 rings (SSSR count). The summed E-state index contributed by atoms with van der Waals surface area (Å²) in [7, 11) is 0. The van der Waals surface area contributed by atoms with E-state index in [1.165, 1.54) is 11.3 Å². The number of ether oxygens (including phenoxy) is 1. The molecule has 0 aliphatic carbocycles. The number of esters is 1. The highest BCUT2D eigenvalue weighted by Gasteiger charge is 2.45. The van der Waals surface area contributed by atoms with Gasteiger partial charge in [0.15, 0.2) is 0 Å². The minimum atomic E-state index is -0.728. The lowest BCUT2D eigenvalue weighted by atomic mass is 10.2. The van der Waals surface area contributed by atoms with E-state index < -0.39 is 10.9 Å². The van der Waals surface area contributed by atoms with E-state index in [2.05, 4.69) is 39.7 Å². The predicted molar refractivity (Wildman–Crippen MR) is 105 cm³/mol. The van der Waals surface area contributed by atoms with E-state index in [-0.39, 0.29) is 12.6 Å². The average molecular weight is 434 g/mol. The third kappa shape index (κ3) is 5.72. The van der Waals surface area contributed by atoms with E-state index in [1.807, 2.05) is 0 Å². The number of quaternary nitrogens is 1. The molecular weight excluding hydrogens is 406 g/mol. The summed E-state index contributed by atoms with van der Waals surface area (Å²) in [6.07, 6.45) is 7.48. The molecule has 6 nitrogen and oxygen atoms in total. The van der Waals surface area contributed by atoms with Crippen LogP contribution in [-0.4, -0.2) is 41.8 Å². The maximum atomic E-state index is 13.5. The lowest BCUT2D eigenvalue weighted by Gasteiger charge is -2.38.